The Morgan fingerprint density at radius 1 is 1.32 bits per heavy atom. The van der Waals surface area contributed by atoms with Crippen LogP contribution in [-0.4, -0.2) is 31.8 Å². The summed E-state index contributed by atoms with van der Waals surface area (Å²) < 4.78 is 10.6. The molecule has 0 saturated heterocycles. The zero-order valence-corrected chi connectivity index (χ0v) is 13.7. The summed E-state index contributed by atoms with van der Waals surface area (Å²) in [6.45, 7) is 2.91. The molecule has 5 nitrogen and oxygen atoms in total. The number of rotatable bonds is 6. The second-order valence-electron chi connectivity index (χ2n) is 5.45. The zero-order valence-electron chi connectivity index (χ0n) is 13.7. The Morgan fingerprint density at radius 3 is 2.59 bits per heavy atom. The van der Waals surface area contributed by atoms with E-state index in [1.807, 2.05) is 12.1 Å². The van der Waals surface area contributed by atoms with Gasteiger partial charge in [0.1, 0.15) is 11.5 Å². The minimum absolute atomic E-state index is 0.250. The quantitative estimate of drug-likeness (QED) is 0.790. The number of methoxy groups -OCH3 is 2. The highest BCUT2D eigenvalue weighted by Crippen LogP contribution is 2.29. The van der Waals surface area contributed by atoms with Crippen LogP contribution in [0.5, 0.6) is 11.5 Å². The highest BCUT2D eigenvalue weighted by molar-refractivity contribution is 5.40. The monoisotopic (exact) mass is 309 g/mol. The molecule has 0 spiro atoms. The lowest BCUT2D eigenvalue weighted by Gasteiger charge is -2.15. The van der Waals surface area contributed by atoms with Crippen LogP contribution in [0.1, 0.15) is 38.2 Å². The molecule has 0 heterocycles. The van der Waals surface area contributed by atoms with Crippen molar-refractivity contribution in [3.8, 4) is 11.5 Å². The van der Waals surface area contributed by atoms with E-state index in [1.54, 1.807) is 14.2 Å². The van der Waals surface area contributed by atoms with Gasteiger partial charge in [0.25, 0.3) is 6.47 Å². The molecule has 2 N–H and O–H groups in total. The number of nitrogens with one attached hydrogen (secondary N) is 1. The second kappa shape index (κ2) is 10.1. The average molecular weight is 309 g/mol. The fraction of sp³-hybridized carbons (Fsp3) is 0.588. The molecule has 1 fully saturated rings. The molecule has 1 aliphatic rings. The van der Waals surface area contributed by atoms with Crippen LogP contribution in [0.4, 0.5) is 0 Å². The standard InChI is InChI=1S/C16H25NO2.CH2O2/c1-4-12-5-7-14(9-12)17-11-13-6-8-15(18-2)10-16(13)19-3;2-1-3/h6,8,10,12,14,17H,4-5,7,9,11H2,1-3H3;1H,(H,2,3). The molecule has 5 heteroatoms. The topological polar surface area (TPSA) is 67.8 Å². The van der Waals surface area contributed by atoms with E-state index in [0.717, 1.165) is 24.0 Å². The number of hydrogen-bond donors (Lipinski definition) is 2. The largest absolute Gasteiger partial charge is 0.497 e. The smallest absolute Gasteiger partial charge is 0.290 e. The van der Waals surface area contributed by atoms with Gasteiger partial charge >= 0.3 is 0 Å². The predicted molar refractivity (Wildman–Crippen MR) is 86.5 cm³/mol. The van der Waals surface area contributed by atoms with E-state index in [4.69, 9.17) is 19.4 Å². The van der Waals surface area contributed by atoms with E-state index in [-0.39, 0.29) is 6.47 Å². The molecule has 1 aliphatic carbocycles. The first kappa shape index (κ1) is 18.3. The van der Waals surface area contributed by atoms with E-state index in [2.05, 4.69) is 18.3 Å². The summed E-state index contributed by atoms with van der Waals surface area (Å²) in [5, 5.41) is 10.5. The van der Waals surface area contributed by atoms with Crippen molar-refractivity contribution in [2.75, 3.05) is 14.2 Å². The molecule has 0 radical (unpaired) electrons. The summed E-state index contributed by atoms with van der Waals surface area (Å²) in [6.07, 6.45) is 5.30. The fourth-order valence-corrected chi connectivity index (χ4v) is 2.88. The summed E-state index contributed by atoms with van der Waals surface area (Å²) >= 11 is 0. The lowest BCUT2D eigenvalue weighted by molar-refractivity contribution is -0.122. The van der Waals surface area contributed by atoms with Gasteiger partial charge in [-0.1, -0.05) is 19.4 Å². The van der Waals surface area contributed by atoms with Crippen LogP contribution in [0.2, 0.25) is 0 Å². The van der Waals surface area contributed by atoms with Crippen LogP contribution in [0.15, 0.2) is 18.2 Å². The maximum Gasteiger partial charge on any atom is 0.290 e. The van der Waals surface area contributed by atoms with Crippen LogP contribution < -0.4 is 14.8 Å². The van der Waals surface area contributed by atoms with Crippen molar-refractivity contribution in [3.05, 3.63) is 23.8 Å². The molecular weight excluding hydrogens is 282 g/mol. The third kappa shape index (κ3) is 5.56. The summed E-state index contributed by atoms with van der Waals surface area (Å²) in [5.41, 5.74) is 1.20. The van der Waals surface area contributed by atoms with Gasteiger partial charge in [-0.15, -0.1) is 0 Å². The van der Waals surface area contributed by atoms with Crippen LogP contribution in [-0.2, 0) is 11.3 Å². The van der Waals surface area contributed by atoms with Gasteiger partial charge in [-0.2, -0.15) is 0 Å². The van der Waals surface area contributed by atoms with Crippen LogP contribution in [0.25, 0.3) is 0 Å². The van der Waals surface area contributed by atoms with Crippen molar-refractivity contribution in [1.82, 2.24) is 5.32 Å². The molecule has 0 amide bonds. The molecule has 0 bridgehead atoms. The van der Waals surface area contributed by atoms with E-state index in [1.165, 1.54) is 31.2 Å². The van der Waals surface area contributed by atoms with Gasteiger partial charge in [-0.3, -0.25) is 4.79 Å². The summed E-state index contributed by atoms with van der Waals surface area (Å²) in [4.78, 5) is 8.36. The number of carbonyl (C=O) groups is 1. The molecule has 0 aromatic heterocycles. The van der Waals surface area contributed by atoms with Crippen molar-refractivity contribution in [1.29, 1.82) is 0 Å². The SMILES string of the molecule is CCC1CCC(NCc2ccc(OC)cc2OC)C1.O=CO. The first-order chi connectivity index (χ1) is 10.7. The molecule has 2 unspecified atom stereocenters. The minimum Gasteiger partial charge on any atom is -0.497 e. The van der Waals surface area contributed by atoms with Gasteiger partial charge in [-0.05, 0) is 31.2 Å². The minimum atomic E-state index is -0.250. The number of hydrogen-bond acceptors (Lipinski definition) is 4. The predicted octanol–water partition coefficient (Wildman–Crippen LogP) is 3.07. The van der Waals surface area contributed by atoms with Gasteiger partial charge in [-0.25, -0.2) is 0 Å². The van der Waals surface area contributed by atoms with Gasteiger partial charge in [0, 0.05) is 24.2 Å². The zero-order chi connectivity index (χ0) is 16.4. The number of carboxylic acid groups (broad SMARTS) is 1. The summed E-state index contributed by atoms with van der Waals surface area (Å²) in [6, 6.07) is 6.68. The molecule has 1 aromatic carbocycles. The molecule has 2 atom stereocenters. The van der Waals surface area contributed by atoms with Gasteiger partial charge in [0.05, 0.1) is 14.2 Å². The third-order valence-electron chi connectivity index (χ3n) is 4.19. The molecular formula is C17H27NO4. The average Bonchev–Trinajstić information content (AvgIpc) is 3.01. The maximum atomic E-state index is 8.36. The first-order valence-electron chi connectivity index (χ1n) is 7.70. The van der Waals surface area contributed by atoms with Crippen molar-refractivity contribution >= 4 is 6.47 Å². The second-order valence-corrected chi connectivity index (χ2v) is 5.45. The molecule has 0 aliphatic heterocycles. The van der Waals surface area contributed by atoms with Gasteiger partial charge in [0.15, 0.2) is 0 Å². The maximum absolute atomic E-state index is 8.36. The van der Waals surface area contributed by atoms with E-state index < -0.39 is 0 Å². The summed E-state index contributed by atoms with van der Waals surface area (Å²) in [7, 11) is 3.39. The molecule has 1 saturated carbocycles. The lowest BCUT2D eigenvalue weighted by Crippen LogP contribution is -2.26. The van der Waals surface area contributed by atoms with Crippen molar-refractivity contribution in [2.24, 2.45) is 5.92 Å². The van der Waals surface area contributed by atoms with Crippen molar-refractivity contribution in [2.45, 2.75) is 45.2 Å². The Morgan fingerprint density at radius 2 is 2.05 bits per heavy atom. The Balaban J connectivity index is 0.000000745. The third-order valence-corrected chi connectivity index (χ3v) is 4.19. The Bertz CT molecular complexity index is 450. The molecule has 22 heavy (non-hydrogen) atoms. The van der Waals surface area contributed by atoms with Crippen LogP contribution in [0.3, 0.4) is 0 Å². The van der Waals surface area contributed by atoms with Crippen molar-refractivity contribution < 1.29 is 19.4 Å². The Labute approximate surface area is 132 Å². The van der Waals surface area contributed by atoms with E-state index >= 15 is 0 Å². The molecule has 1 aromatic rings. The van der Waals surface area contributed by atoms with E-state index in [9.17, 15) is 0 Å². The van der Waals surface area contributed by atoms with Crippen molar-refractivity contribution in [3.63, 3.8) is 0 Å². The van der Waals surface area contributed by atoms with Gasteiger partial charge in [0.2, 0.25) is 0 Å². The summed E-state index contributed by atoms with van der Waals surface area (Å²) in [5.74, 6) is 2.65. The Hall–Kier alpha value is -1.75. The van der Waals surface area contributed by atoms with E-state index in [0.29, 0.717) is 6.04 Å². The lowest BCUT2D eigenvalue weighted by atomic mass is 10.1. The highest BCUT2D eigenvalue weighted by atomic mass is 16.5. The first-order valence-corrected chi connectivity index (χ1v) is 7.70. The molecule has 2 rings (SSSR count). The van der Waals surface area contributed by atoms with Crippen LogP contribution >= 0.6 is 0 Å². The van der Waals surface area contributed by atoms with Crippen LogP contribution in [0, 0.1) is 5.92 Å². The normalized spacial score (nSPS) is 20.0. The Kier molecular flexibility index (Phi) is 8.36. The number of ether oxygens (including phenoxy) is 2. The van der Waals surface area contributed by atoms with Gasteiger partial charge < -0.3 is 19.9 Å². The number of benzene rings is 1. The fourth-order valence-electron chi connectivity index (χ4n) is 2.88. The molecule has 124 valence electrons. The highest BCUT2D eigenvalue weighted by Gasteiger charge is 2.22.